The van der Waals surface area contributed by atoms with Gasteiger partial charge >= 0.3 is 0 Å². The molecule has 0 radical (unpaired) electrons. The largest absolute Gasteiger partial charge is 0.260 e. The Labute approximate surface area is 366 Å². The second-order valence-corrected chi connectivity index (χ2v) is 16.8. The molecule has 2 unspecified atom stereocenters. The summed E-state index contributed by atoms with van der Waals surface area (Å²) < 4.78 is 0. The average Bonchev–Trinajstić information content (AvgIpc) is 3.36. The third kappa shape index (κ3) is 8.80. The number of aromatic nitrogens is 3. The molecule has 6 aromatic carbocycles. The molecule has 0 aliphatic heterocycles. The van der Waals surface area contributed by atoms with Crippen molar-refractivity contribution in [3.8, 4) is 44.6 Å². The fourth-order valence-corrected chi connectivity index (χ4v) is 8.85. The summed E-state index contributed by atoms with van der Waals surface area (Å²) in [7, 11) is 0. The van der Waals surface area contributed by atoms with E-state index in [1.807, 2.05) is 24.5 Å². The minimum atomic E-state index is -0.315. The first-order chi connectivity index (χ1) is 30.4. The van der Waals surface area contributed by atoms with Crippen molar-refractivity contribution < 1.29 is 0 Å². The van der Waals surface area contributed by atoms with E-state index in [-0.39, 0.29) is 10.8 Å². The molecule has 62 heavy (non-hydrogen) atoms. The standard InChI is InChI=1S/C59H51N3/c1-58(52-21-7-4-8-22-52,56-26-9-11-40-60-56)39-37-54-24-15-25-55(62-54)51-20-13-16-44(42-51)36-38-59(2,57-27-10-12-41-61-57)53-23-14-19-50(43-53)49-34-32-48(33-35-49)47-30-28-46(29-31-47)45-17-5-3-6-18-45/h3-35,40-43H,36-39H2,1-2H3. The lowest BCUT2D eigenvalue weighted by molar-refractivity contribution is 0.502. The fourth-order valence-electron chi connectivity index (χ4n) is 8.85. The Morgan fingerprint density at radius 1 is 0.355 bits per heavy atom. The third-order valence-electron chi connectivity index (χ3n) is 12.7. The minimum absolute atomic E-state index is 0.235. The minimum Gasteiger partial charge on any atom is -0.260 e. The predicted molar refractivity (Wildman–Crippen MR) is 257 cm³/mol. The van der Waals surface area contributed by atoms with Crippen LogP contribution in [-0.4, -0.2) is 15.0 Å². The Kier molecular flexibility index (Phi) is 11.8. The van der Waals surface area contributed by atoms with Crippen molar-refractivity contribution in [3.63, 3.8) is 0 Å². The van der Waals surface area contributed by atoms with Gasteiger partial charge in [-0.2, -0.15) is 0 Å². The molecule has 3 aromatic heterocycles. The van der Waals surface area contributed by atoms with Gasteiger partial charge in [-0.1, -0.05) is 170 Å². The van der Waals surface area contributed by atoms with Crippen LogP contribution in [0, 0.1) is 0 Å². The zero-order chi connectivity index (χ0) is 42.2. The van der Waals surface area contributed by atoms with E-state index in [0.29, 0.717) is 0 Å². The molecular weight excluding hydrogens is 751 g/mol. The summed E-state index contributed by atoms with van der Waals surface area (Å²) in [5.41, 5.74) is 15.9. The number of aryl methyl sites for hydroxylation is 2. The zero-order valence-corrected chi connectivity index (χ0v) is 35.5. The summed E-state index contributed by atoms with van der Waals surface area (Å²) in [6.45, 7) is 4.65. The Morgan fingerprint density at radius 3 is 1.44 bits per heavy atom. The Balaban J connectivity index is 0.927. The molecule has 0 aliphatic carbocycles. The smallest absolute Gasteiger partial charge is 0.0705 e. The average molecular weight is 802 g/mol. The first kappa shape index (κ1) is 40.2. The van der Waals surface area contributed by atoms with Crippen LogP contribution in [0.4, 0.5) is 0 Å². The number of nitrogens with zero attached hydrogens (tertiary/aromatic N) is 3. The number of hydrogen-bond acceptors (Lipinski definition) is 3. The van der Waals surface area contributed by atoms with E-state index in [1.165, 1.54) is 50.1 Å². The van der Waals surface area contributed by atoms with Gasteiger partial charge in [0.25, 0.3) is 0 Å². The number of benzene rings is 6. The van der Waals surface area contributed by atoms with Crippen molar-refractivity contribution in [2.75, 3.05) is 0 Å². The second kappa shape index (κ2) is 18.2. The van der Waals surface area contributed by atoms with Gasteiger partial charge in [-0.25, -0.2) is 0 Å². The maximum Gasteiger partial charge on any atom is 0.0705 e. The van der Waals surface area contributed by atoms with Crippen molar-refractivity contribution in [1.82, 2.24) is 15.0 Å². The first-order valence-electron chi connectivity index (χ1n) is 21.8. The molecule has 3 nitrogen and oxygen atoms in total. The van der Waals surface area contributed by atoms with E-state index >= 15 is 0 Å². The third-order valence-corrected chi connectivity index (χ3v) is 12.7. The van der Waals surface area contributed by atoms with Crippen molar-refractivity contribution in [1.29, 1.82) is 0 Å². The van der Waals surface area contributed by atoms with Crippen LogP contribution in [0.5, 0.6) is 0 Å². The summed E-state index contributed by atoms with van der Waals surface area (Å²) >= 11 is 0. The Morgan fingerprint density at radius 2 is 0.823 bits per heavy atom. The van der Waals surface area contributed by atoms with Gasteiger partial charge in [0.2, 0.25) is 0 Å². The van der Waals surface area contributed by atoms with Gasteiger partial charge in [0.1, 0.15) is 0 Å². The number of rotatable bonds is 14. The molecule has 3 heterocycles. The van der Waals surface area contributed by atoms with Crippen LogP contribution in [0.25, 0.3) is 44.6 Å². The molecule has 0 fully saturated rings. The SMILES string of the molecule is CC(CCc1cccc(-c2cccc(CCC(C)(c3ccccc3)c3ccccn3)n2)c1)(c1cccc(-c2ccc(-c3ccc(-c4ccccc4)cc3)cc2)c1)c1ccccn1. The summed E-state index contributed by atoms with van der Waals surface area (Å²) in [5.74, 6) is 0. The highest BCUT2D eigenvalue weighted by atomic mass is 14.7. The van der Waals surface area contributed by atoms with E-state index in [0.717, 1.165) is 54.0 Å². The lowest BCUT2D eigenvalue weighted by atomic mass is 9.74. The zero-order valence-electron chi connectivity index (χ0n) is 35.5. The maximum atomic E-state index is 5.22. The van der Waals surface area contributed by atoms with Gasteiger partial charge < -0.3 is 0 Å². The normalized spacial score (nSPS) is 13.2. The maximum absolute atomic E-state index is 5.22. The van der Waals surface area contributed by atoms with Crippen molar-refractivity contribution in [3.05, 3.63) is 258 Å². The van der Waals surface area contributed by atoms with Crippen LogP contribution in [0.15, 0.2) is 225 Å². The van der Waals surface area contributed by atoms with Gasteiger partial charge in [-0.3, -0.25) is 15.0 Å². The molecule has 0 amide bonds. The molecule has 0 aliphatic rings. The summed E-state index contributed by atoms with van der Waals surface area (Å²) in [4.78, 5) is 15.0. The van der Waals surface area contributed by atoms with E-state index < -0.39 is 0 Å². The van der Waals surface area contributed by atoms with E-state index in [9.17, 15) is 0 Å². The van der Waals surface area contributed by atoms with Crippen LogP contribution in [0.2, 0.25) is 0 Å². The Bertz CT molecular complexity index is 2800. The van der Waals surface area contributed by atoms with Gasteiger partial charge in [-0.15, -0.1) is 0 Å². The number of hydrogen-bond donors (Lipinski definition) is 0. The molecule has 0 bridgehead atoms. The fraction of sp³-hybridized carbons (Fsp3) is 0.136. The van der Waals surface area contributed by atoms with Crippen molar-refractivity contribution in [2.24, 2.45) is 0 Å². The van der Waals surface area contributed by atoms with Crippen LogP contribution < -0.4 is 0 Å². The summed E-state index contributed by atoms with van der Waals surface area (Å²) in [6, 6.07) is 76.0. The van der Waals surface area contributed by atoms with Crippen LogP contribution in [-0.2, 0) is 23.7 Å². The van der Waals surface area contributed by atoms with Crippen molar-refractivity contribution in [2.45, 2.75) is 50.4 Å². The molecule has 0 N–H and O–H groups in total. The predicted octanol–water partition coefficient (Wildman–Crippen LogP) is 14.4. The second-order valence-electron chi connectivity index (χ2n) is 16.8. The lowest BCUT2D eigenvalue weighted by Crippen LogP contribution is -2.26. The highest BCUT2D eigenvalue weighted by molar-refractivity contribution is 5.73. The molecule has 2 atom stereocenters. The number of pyridine rings is 3. The molecule has 9 rings (SSSR count). The van der Waals surface area contributed by atoms with E-state index in [1.54, 1.807) is 0 Å². The molecule has 0 saturated carbocycles. The van der Waals surface area contributed by atoms with Crippen LogP contribution in [0.3, 0.4) is 0 Å². The molecule has 9 aromatic rings. The van der Waals surface area contributed by atoms with Gasteiger partial charge in [0, 0.05) is 34.5 Å². The van der Waals surface area contributed by atoms with Gasteiger partial charge in [0.15, 0.2) is 0 Å². The molecule has 0 spiro atoms. The van der Waals surface area contributed by atoms with Gasteiger partial charge in [0.05, 0.1) is 17.1 Å². The summed E-state index contributed by atoms with van der Waals surface area (Å²) in [6.07, 6.45) is 7.33. The summed E-state index contributed by atoms with van der Waals surface area (Å²) in [5, 5.41) is 0. The van der Waals surface area contributed by atoms with Crippen molar-refractivity contribution >= 4 is 0 Å². The van der Waals surface area contributed by atoms with Gasteiger partial charge in [-0.05, 0) is 132 Å². The highest BCUT2D eigenvalue weighted by Gasteiger charge is 2.31. The first-order valence-corrected chi connectivity index (χ1v) is 21.8. The molecule has 302 valence electrons. The van der Waals surface area contributed by atoms with E-state index in [2.05, 4.69) is 214 Å². The Hall–Kier alpha value is -7.23. The van der Waals surface area contributed by atoms with Crippen LogP contribution in [0.1, 0.15) is 60.5 Å². The monoisotopic (exact) mass is 801 g/mol. The highest BCUT2D eigenvalue weighted by Crippen LogP contribution is 2.39. The van der Waals surface area contributed by atoms with Crippen LogP contribution >= 0.6 is 0 Å². The quantitative estimate of drug-likeness (QED) is 0.110. The molecular formula is C59H51N3. The molecule has 0 saturated heterocycles. The van der Waals surface area contributed by atoms with E-state index in [4.69, 9.17) is 15.0 Å². The topological polar surface area (TPSA) is 38.7 Å². The lowest BCUT2D eigenvalue weighted by Gasteiger charge is -2.30. The molecule has 3 heteroatoms.